The summed E-state index contributed by atoms with van der Waals surface area (Å²) >= 11 is 12.3. The zero-order valence-electron chi connectivity index (χ0n) is 22.3. The molecular formula is C28H41Cl2N5O3. The molecule has 0 aromatic heterocycles. The maximum atomic E-state index is 13.0. The van der Waals surface area contributed by atoms with Crippen LogP contribution in [0.5, 0.6) is 0 Å². The molecule has 1 aliphatic heterocycles. The van der Waals surface area contributed by atoms with E-state index in [1.165, 1.54) is 50.7 Å². The fourth-order valence-electron chi connectivity index (χ4n) is 4.21. The minimum atomic E-state index is -0.661. The molecular weight excluding hydrogens is 525 g/mol. The number of carbonyl (C=O) groups excluding carboxylic acids is 3. The molecule has 1 aromatic rings. The highest BCUT2D eigenvalue weighted by Crippen LogP contribution is 2.24. The van der Waals surface area contributed by atoms with Gasteiger partial charge in [0.05, 0.1) is 27.5 Å². The lowest BCUT2D eigenvalue weighted by molar-refractivity contribution is -0.119. The first-order valence-corrected chi connectivity index (χ1v) is 14.4. The van der Waals surface area contributed by atoms with Crippen LogP contribution >= 0.6 is 23.2 Å². The van der Waals surface area contributed by atoms with Crippen molar-refractivity contribution in [1.82, 2.24) is 16.0 Å². The molecule has 0 bridgehead atoms. The van der Waals surface area contributed by atoms with Crippen LogP contribution in [0.3, 0.4) is 0 Å². The molecule has 1 fully saturated rings. The normalized spacial score (nSPS) is 14.8. The van der Waals surface area contributed by atoms with E-state index in [2.05, 4.69) is 27.9 Å². The Bertz CT molecular complexity index is 970. The Kier molecular flexibility index (Phi) is 15.0. The molecule has 0 saturated carbocycles. The van der Waals surface area contributed by atoms with E-state index in [0.29, 0.717) is 0 Å². The van der Waals surface area contributed by atoms with Crippen molar-refractivity contribution in [2.75, 3.05) is 13.1 Å². The molecule has 0 atom stereocenters. The van der Waals surface area contributed by atoms with Crippen LogP contribution in [0.1, 0.15) is 94.3 Å². The fraction of sp³-hybridized carbons (Fsp3) is 0.571. The van der Waals surface area contributed by atoms with Gasteiger partial charge in [-0.2, -0.15) is 0 Å². The molecule has 8 nitrogen and oxygen atoms in total. The molecule has 0 radical (unpaired) electrons. The topological polar surface area (TPSA) is 126 Å². The lowest BCUT2D eigenvalue weighted by Gasteiger charge is -2.24. The Labute approximate surface area is 236 Å². The summed E-state index contributed by atoms with van der Waals surface area (Å²) in [5.74, 6) is -1.55. The number of unbranched alkanes of at least 4 members (excludes halogenated alkanes) is 8. The van der Waals surface area contributed by atoms with Crippen LogP contribution in [-0.4, -0.2) is 43.1 Å². The van der Waals surface area contributed by atoms with E-state index in [0.717, 1.165) is 51.4 Å². The van der Waals surface area contributed by atoms with Gasteiger partial charge in [-0.1, -0.05) is 87.6 Å². The number of amides is 3. The minimum absolute atomic E-state index is 0.0364. The number of carbonyl (C=O) groups is 3. The summed E-state index contributed by atoms with van der Waals surface area (Å²) in [6.07, 6.45) is 13.2. The van der Waals surface area contributed by atoms with Crippen molar-refractivity contribution < 1.29 is 14.4 Å². The maximum absolute atomic E-state index is 13.0. The molecule has 1 saturated heterocycles. The van der Waals surface area contributed by atoms with Gasteiger partial charge in [0.25, 0.3) is 11.8 Å². The van der Waals surface area contributed by atoms with Crippen molar-refractivity contribution in [1.29, 1.82) is 0 Å². The first kappa shape index (κ1) is 31.8. The Morgan fingerprint density at radius 3 is 2.18 bits per heavy atom. The number of allylic oxidation sites excluding steroid dienone is 1. The van der Waals surface area contributed by atoms with Crippen molar-refractivity contribution in [3.05, 3.63) is 45.2 Å². The molecule has 0 unspecified atom stereocenters. The number of nitrogens with two attached hydrogens (primary N) is 1. The van der Waals surface area contributed by atoms with Crippen molar-refractivity contribution in [3.8, 4) is 0 Å². The van der Waals surface area contributed by atoms with Gasteiger partial charge in [-0.15, -0.1) is 0 Å². The van der Waals surface area contributed by atoms with Crippen molar-refractivity contribution in [2.45, 2.75) is 90.0 Å². The first-order chi connectivity index (χ1) is 18.3. The highest BCUT2D eigenvalue weighted by molar-refractivity contribution is 6.39. The van der Waals surface area contributed by atoms with Crippen LogP contribution in [0, 0.1) is 0 Å². The second-order valence-corrected chi connectivity index (χ2v) is 10.4. The van der Waals surface area contributed by atoms with Crippen LogP contribution in [-0.2, 0) is 9.59 Å². The summed E-state index contributed by atoms with van der Waals surface area (Å²) in [6.45, 7) is 3.79. The van der Waals surface area contributed by atoms with Gasteiger partial charge in [-0.05, 0) is 44.5 Å². The first-order valence-electron chi connectivity index (χ1n) is 13.7. The van der Waals surface area contributed by atoms with Gasteiger partial charge >= 0.3 is 0 Å². The number of nitrogens with zero attached hydrogens (tertiary/aromatic N) is 1. The van der Waals surface area contributed by atoms with E-state index in [9.17, 15) is 14.4 Å². The average Bonchev–Trinajstić information content (AvgIpc) is 2.90. The summed E-state index contributed by atoms with van der Waals surface area (Å²) in [5.41, 5.74) is 5.84. The second kappa shape index (κ2) is 18.0. The quantitative estimate of drug-likeness (QED) is 0.131. The van der Waals surface area contributed by atoms with Crippen molar-refractivity contribution in [2.24, 2.45) is 10.7 Å². The van der Waals surface area contributed by atoms with Crippen LogP contribution in [0.15, 0.2) is 34.6 Å². The van der Waals surface area contributed by atoms with Gasteiger partial charge in [-0.3, -0.25) is 14.4 Å². The molecule has 38 heavy (non-hydrogen) atoms. The van der Waals surface area contributed by atoms with Gasteiger partial charge in [0.2, 0.25) is 5.91 Å². The Hall–Kier alpha value is -2.42. The number of benzene rings is 1. The molecule has 3 amide bonds. The fourth-order valence-corrected chi connectivity index (χ4v) is 4.78. The highest BCUT2D eigenvalue weighted by Gasteiger charge is 2.21. The smallest absolute Gasteiger partial charge is 0.269 e. The molecule has 5 N–H and O–H groups in total. The third-order valence-electron chi connectivity index (χ3n) is 6.48. The average molecular weight is 567 g/mol. The number of nitrogens with one attached hydrogen (secondary N) is 3. The maximum Gasteiger partial charge on any atom is 0.269 e. The lowest BCUT2D eigenvalue weighted by atomic mass is 10.1. The number of piperidine rings is 1. The van der Waals surface area contributed by atoms with Crippen molar-refractivity contribution in [3.63, 3.8) is 0 Å². The van der Waals surface area contributed by atoms with E-state index in [1.54, 1.807) is 6.07 Å². The van der Waals surface area contributed by atoms with Crippen molar-refractivity contribution >= 4 is 47.1 Å². The number of aliphatic imine (C=N–C) groups is 1. The molecule has 0 aliphatic carbocycles. The summed E-state index contributed by atoms with van der Waals surface area (Å²) < 4.78 is 0. The number of hydrogen-bond acceptors (Lipinski definition) is 5. The minimum Gasteiger partial charge on any atom is -0.393 e. The highest BCUT2D eigenvalue weighted by atomic mass is 35.5. The number of rotatable bonds is 15. The van der Waals surface area contributed by atoms with E-state index in [-0.39, 0.29) is 45.4 Å². The molecule has 10 heteroatoms. The Balaban J connectivity index is 2.01. The van der Waals surface area contributed by atoms with Gasteiger partial charge in [0.1, 0.15) is 5.70 Å². The molecule has 210 valence electrons. The van der Waals surface area contributed by atoms with E-state index in [4.69, 9.17) is 28.9 Å². The number of hydrogen-bond donors (Lipinski definition) is 4. The van der Waals surface area contributed by atoms with E-state index in [1.807, 2.05) is 0 Å². The van der Waals surface area contributed by atoms with Crippen LogP contribution < -0.4 is 21.7 Å². The van der Waals surface area contributed by atoms with Crippen LogP contribution in [0.4, 0.5) is 0 Å². The SMILES string of the molecule is CCCCCCCCCCCC(=O)N=C/C(NC(=O)c1c(Cl)cccc1Cl)=C(\N)C(=O)NC1CCNCC1. The summed E-state index contributed by atoms with van der Waals surface area (Å²) in [4.78, 5) is 42.2. The zero-order valence-corrected chi connectivity index (χ0v) is 23.8. The third kappa shape index (κ3) is 11.5. The molecule has 1 aliphatic rings. The van der Waals surface area contributed by atoms with Crippen LogP contribution in [0.2, 0.25) is 10.0 Å². The predicted octanol–water partition coefficient (Wildman–Crippen LogP) is 5.28. The summed E-state index contributed by atoms with van der Waals surface area (Å²) in [5, 5.41) is 8.96. The Morgan fingerprint density at radius 1 is 1.00 bits per heavy atom. The summed E-state index contributed by atoms with van der Waals surface area (Å²) in [7, 11) is 0. The van der Waals surface area contributed by atoms with Gasteiger partial charge in [0, 0.05) is 12.5 Å². The monoisotopic (exact) mass is 565 g/mol. The van der Waals surface area contributed by atoms with E-state index < -0.39 is 11.8 Å². The molecule has 0 spiro atoms. The Morgan fingerprint density at radius 2 is 1.58 bits per heavy atom. The van der Waals surface area contributed by atoms with E-state index >= 15 is 0 Å². The second-order valence-electron chi connectivity index (χ2n) is 9.61. The van der Waals surface area contributed by atoms with Gasteiger partial charge in [-0.25, -0.2) is 4.99 Å². The summed E-state index contributed by atoms with van der Waals surface area (Å²) in [6, 6.07) is 4.64. The van der Waals surface area contributed by atoms with Gasteiger partial charge < -0.3 is 21.7 Å². The van der Waals surface area contributed by atoms with Crippen LogP contribution in [0.25, 0.3) is 0 Å². The lowest BCUT2D eigenvalue weighted by Crippen LogP contribution is -2.45. The largest absolute Gasteiger partial charge is 0.393 e. The number of halogens is 2. The molecule has 1 aromatic carbocycles. The standard InChI is InChI=1S/C28H41Cl2N5O3/c1-2-3-4-5-6-7-8-9-10-14-24(36)33-19-23(26(31)28(38)34-20-15-17-32-18-16-20)35-27(37)25-21(29)12-11-13-22(25)30/h11-13,19-20,32H,2-10,14-18,31H2,1H3,(H,34,38)(H,35,37)/b26-23+,33-19?. The third-order valence-corrected chi connectivity index (χ3v) is 7.11. The zero-order chi connectivity index (χ0) is 27.8. The van der Waals surface area contributed by atoms with Gasteiger partial charge in [0.15, 0.2) is 0 Å². The molecule has 2 rings (SSSR count). The molecule has 1 heterocycles. The predicted molar refractivity (Wildman–Crippen MR) is 155 cm³/mol.